The van der Waals surface area contributed by atoms with Crippen molar-refractivity contribution in [1.82, 2.24) is 9.38 Å². The molecule has 0 saturated heterocycles. The van der Waals surface area contributed by atoms with E-state index in [-0.39, 0.29) is 5.41 Å². The van der Waals surface area contributed by atoms with Gasteiger partial charge in [0.1, 0.15) is 12.4 Å². The summed E-state index contributed by atoms with van der Waals surface area (Å²) in [5, 5.41) is 2.03. The highest BCUT2D eigenvalue weighted by atomic mass is 32.1. The Balaban J connectivity index is 1.80. The lowest BCUT2D eigenvalue weighted by Gasteiger charge is -2.22. The van der Waals surface area contributed by atoms with Gasteiger partial charge in [-0.1, -0.05) is 39.0 Å². The predicted octanol–water partition coefficient (Wildman–Crippen LogP) is 4.27. The van der Waals surface area contributed by atoms with E-state index in [0.717, 1.165) is 16.4 Å². The van der Waals surface area contributed by atoms with Crippen molar-refractivity contribution in [3.63, 3.8) is 0 Å². The van der Waals surface area contributed by atoms with Crippen LogP contribution in [0.5, 0.6) is 5.75 Å². The second-order valence-electron chi connectivity index (χ2n) is 5.86. The highest BCUT2D eigenvalue weighted by Gasteiger charge is 2.18. The van der Waals surface area contributed by atoms with Crippen LogP contribution in [0.4, 0.5) is 0 Å². The second kappa shape index (κ2) is 4.94. The topological polar surface area (TPSA) is 26.5 Å². The van der Waals surface area contributed by atoms with E-state index in [9.17, 15) is 0 Å². The first kappa shape index (κ1) is 13.2. The van der Waals surface area contributed by atoms with Gasteiger partial charge in [-0.15, -0.1) is 11.3 Å². The summed E-state index contributed by atoms with van der Waals surface area (Å²) in [5.74, 6) is 0.941. The summed E-state index contributed by atoms with van der Waals surface area (Å²) in [4.78, 5) is 5.54. The summed E-state index contributed by atoms with van der Waals surface area (Å²) < 4.78 is 8.00. The highest BCUT2D eigenvalue weighted by molar-refractivity contribution is 7.15. The van der Waals surface area contributed by atoms with Crippen LogP contribution in [0.3, 0.4) is 0 Å². The molecule has 20 heavy (non-hydrogen) atoms. The number of fused-ring (bicyclic) bond motifs is 1. The zero-order chi connectivity index (χ0) is 14.2. The Kier molecular flexibility index (Phi) is 3.26. The smallest absolute Gasteiger partial charge is 0.193 e. The number of hydrogen-bond donors (Lipinski definition) is 0. The highest BCUT2D eigenvalue weighted by Crippen LogP contribution is 2.31. The van der Waals surface area contributed by atoms with E-state index in [1.54, 1.807) is 11.3 Å². The lowest BCUT2D eigenvalue weighted by molar-refractivity contribution is 0.293. The first-order valence-corrected chi connectivity index (χ1v) is 7.55. The van der Waals surface area contributed by atoms with Crippen molar-refractivity contribution >= 4 is 16.3 Å². The van der Waals surface area contributed by atoms with E-state index >= 15 is 0 Å². The van der Waals surface area contributed by atoms with Crippen molar-refractivity contribution in [2.75, 3.05) is 0 Å². The number of nitrogens with zero attached hydrogens (tertiary/aromatic N) is 2. The van der Waals surface area contributed by atoms with Crippen molar-refractivity contribution in [1.29, 1.82) is 0 Å². The fourth-order valence-corrected chi connectivity index (χ4v) is 2.93. The number of rotatable bonds is 3. The summed E-state index contributed by atoms with van der Waals surface area (Å²) in [6.45, 7) is 7.09. The van der Waals surface area contributed by atoms with Crippen LogP contribution in [-0.4, -0.2) is 9.38 Å². The molecule has 0 aliphatic rings. The molecule has 2 aromatic heterocycles. The molecule has 3 nitrogen and oxygen atoms in total. The molecule has 0 aliphatic carbocycles. The molecule has 2 heterocycles. The Hall–Kier alpha value is -1.81. The molecule has 3 aromatic rings. The lowest BCUT2D eigenvalue weighted by Crippen LogP contribution is -2.13. The monoisotopic (exact) mass is 286 g/mol. The van der Waals surface area contributed by atoms with Crippen molar-refractivity contribution in [3.8, 4) is 5.75 Å². The van der Waals surface area contributed by atoms with Gasteiger partial charge in [0, 0.05) is 17.8 Å². The average molecular weight is 286 g/mol. The molecular weight excluding hydrogens is 268 g/mol. The maximum Gasteiger partial charge on any atom is 0.193 e. The van der Waals surface area contributed by atoms with Crippen LogP contribution in [0.25, 0.3) is 4.96 Å². The molecule has 1 aromatic carbocycles. The van der Waals surface area contributed by atoms with Crippen LogP contribution < -0.4 is 4.74 Å². The van der Waals surface area contributed by atoms with Gasteiger partial charge in [0.15, 0.2) is 4.96 Å². The Bertz CT molecular complexity index is 693. The zero-order valence-corrected chi connectivity index (χ0v) is 12.8. The van der Waals surface area contributed by atoms with Gasteiger partial charge in [-0.05, 0) is 17.0 Å². The molecule has 104 valence electrons. The normalized spacial score (nSPS) is 11.9. The number of aromatic nitrogens is 2. The molecule has 0 radical (unpaired) electrons. The number of thiazole rings is 1. The minimum atomic E-state index is 0.0745. The number of imidazole rings is 1. The van der Waals surface area contributed by atoms with Crippen LogP contribution in [0.2, 0.25) is 0 Å². The molecule has 0 atom stereocenters. The average Bonchev–Trinajstić information content (AvgIpc) is 2.96. The van der Waals surface area contributed by atoms with Gasteiger partial charge in [-0.3, -0.25) is 4.40 Å². The molecular formula is C16H18N2OS. The van der Waals surface area contributed by atoms with Gasteiger partial charge < -0.3 is 4.74 Å². The van der Waals surface area contributed by atoms with Gasteiger partial charge in [-0.2, -0.15) is 0 Å². The zero-order valence-electron chi connectivity index (χ0n) is 12.0. The maximum atomic E-state index is 5.98. The van der Waals surface area contributed by atoms with Gasteiger partial charge in [0.25, 0.3) is 0 Å². The molecule has 0 saturated carbocycles. The Morgan fingerprint density at radius 3 is 2.80 bits per heavy atom. The third-order valence-electron chi connectivity index (χ3n) is 3.21. The first-order valence-electron chi connectivity index (χ1n) is 6.67. The second-order valence-corrected chi connectivity index (χ2v) is 6.73. The number of ether oxygens (including phenoxy) is 1. The summed E-state index contributed by atoms with van der Waals surface area (Å²) in [6, 6.07) is 8.22. The van der Waals surface area contributed by atoms with E-state index in [4.69, 9.17) is 4.74 Å². The number of benzene rings is 1. The van der Waals surface area contributed by atoms with Crippen LogP contribution in [-0.2, 0) is 12.0 Å². The Morgan fingerprint density at radius 2 is 2.05 bits per heavy atom. The van der Waals surface area contributed by atoms with Gasteiger partial charge in [0.2, 0.25) is 0 Å². The SMILES string of the molecule is CC(C)(C)c1ccccc1OCc1cn2ccsc2n1. The van der Waals surface area contributed by atoms with Gasteiger partial charge in [0.05, 0.1) is 5.69 Å². The molecule has 0 N–H and O–H groups in total. The van der Waals surface area contributed by atoms with Crippen molar-refractivity contribution in [2.24, 2.45) is 0 Å². The lowest BCUT2D eigenvalue weighted by atomic mass is 9.86. The Morgan fingerprint density at radius 1 is 1.25 bits per heavy atom. The quantitative estimate of drug-likeness (QED) is 0.718. The molecule has 3 rings (SSSR count). The third kappa shape index (κ3) is 2.56. The van der Waals surface area contributed by atoms with Crippen molar-refractivity contribution < 1.29 is 4.74 Å². The van der Waals surface area contributed by atoms with Crippen molar-refractivity contribution in [2.45, 2.75) is 32.8 Å². The van der Waals surface area contributed by atoms with E-state index in [1.807, 2.05) is 34.3 Å². The molecule has 0 bridgehead atoms. The summed E-state index contributed by atoms with van der Waals surface area (Å²) in [7, 11) is 0. The summed E-state index contributed by atoms with van der Waals surface area (Å²) in [5.41, 5.74) is 2.26. The minimum Gasteiger partial charge on any atom is -0.487 e. The molecule has 0 aliphatic heterocycles. The molecule has 0 amide bonds. The minimum absolute atomic E-state index is 0.0745. The number of hydrogen-bond acceptors (Lipinski definition) is 3. The fourth-order valence-electron chi connectivity index (χ4n) is 2.21. The van der Waals surface area contributed by atoms with Gasteiger partial charge >= 0.3 is 0 Å². The van der Waals surface area contributed by atoms with E-state index < -0.39 is 0 Å². The molecule has 0 unspecified atom stereocenters. The standard InChI is InChI=1S/C16H18N2OS/c1-16(2,3)13-6-4-5-7-14(13)19-11-12-10-18-8-9-20-15(18)17-12/h4-10H,11H2,1-3H3. The number of para-hydroxylation sites is 1. The van der Waals surface area contributed by atoms with E-state index in [2.05, 4.69) is 37.9 Å². The van der Waals surface area contributed by atoms with E-state index in [1.165, 1.54) is 5.56 Å². The summed E-state index contributed by atoms with van der Waals surface area (Å²) >= 11 is 1.63. The van der Waals surface area contributed by atoms with Crippen LogP contribution in [0.1, 0.15) is 32.0 Å². The molecule has 0 fully saturated rings. The van der Waals surface area contributed by atoms with Crippen molar-refractivity contribution in [3.05, 3.63) is 53.3 Å². The van der Waals surface area contributed by atoms with Crippen LogP contribution in [0, 0.1) is 0 Å². The maximum absolute atomic E-state index is 5.98. The first-order chi connectivity index (χ1) is 9.54. The van der Waals surface area contributed by atoms with E-state index in [0.29, 0.717) is 6.61 Å². The van der Waals surface area contributed by atoms with Crippen LogP contribution in [0.15, 0.2) is 42.0 Å². The third-order valence-corrected chi connectivity index (χ3v) is 3.98. The largest absolute Gasteiger partial charge is 0.487 e. The summed E-state index contributed by atoms with van der Waals surface area (Å²) in [6.07, 6.45) is 4.03. The Labute approximate surface area is 122 Å². The van der Waals surface area contributed by atoms with Crippen LogP contribution >= 0.6 is 11.3 Å². The molecule has 0 spiro atoms. The van der Waals surface area contributed by atoms with Gasteiger partial charge in [-0.25, -0.2) is 4.98 Å². The molecule has 4 heteroatoms. The fraction of sp³-hybridized carbons (Fsp3) is 0.312. The predicted molar refractivity (Wildman–Crippen MR) is 82.5 cm³/mol.